The predicted octanol–water partition coefficient (Wildman–Crippen LogP) is 11.8. The molecule has 0 spiro atoms. The highest BCUT2D eigenvalue weighted by molar-refractivity contribution is 6.31. The molecule has 0 aliphatic heterocycles. The highest BCUT2D eigenvalue weighted by Gasteiger charge is 2.18. The van der Waals surface area contributed by atoms with Crippen LogP contribution in [0.4, 0.5) is 0 Å². The fourth-order valence-electron chi connectivity index (χ4n) is 7.35. The molecule has 2 aromatic heterocycles. The Morgan fingerprint density at radius 3 is 1.68 bits per heavy atom. The number of furan rings is 1. The minimum absolute atomic E-state index is 0.923. The van der Waals surface area contributed by atoms with Crippen molar-refractivity contribution < 1.29 is 4.42 Å². The summed E-state index contributed by atoms with van der Waals surface area (Å²) in [6.45, 7) is 0. The van der Waals surface area contributed by atoms with E-state index in [0.29, 0.717) is 0 Å². The van der Waals surface area contributed by atoms with Crippen LogP contribution in [0.15, 0.2) is 156 Å². The quantitative estimate of drug-likeness (QED) is 0.193. The Morgan fingerprint density at radius 1 is 0.318 bits per heavy atom. The van der Waals surface area contributed by atoms with E-state index in [1.54, 1.807) is 0 Å². The first-order valence-corrected chi connectivity index (χ1v) is 15.1. The highest BCUT2D eigenvalue weighted by atomic mass is 16.3. The maximum atomic E-state index is 6.40. The Labute approximate surface area is 253 Å². The first kappa shape index (κ1) is 23.7. The summed E-state index contributed by atoms with van der Waals surface area (Å²) in [7, 11) is 0. The van der Waals surface area contributed by atoms with Crippen molar-refractivity contribution in [3.8, 4) is 16.8 Å². The van der Waals surface area contributed by atoms with Gasteiger partial charge in [-0.05, 0) is 98.0 Å². The normalized spacial score (nSPS) is 12.1. The zero-order valence-electron chi connectivity index (χ0n) is 23.8. The molecular weight excluding hydrogens is 534 g/mol. The summed E-state index contributed by atoms with van der Waals surface area (Å²) < 4.78 is 8.82. The summed E-state index contributed by atoms with van der Waals surface area (Å²) in [6.07, 6.45) is 0. The lowest BCUT2D eigenvalue weighted by Gasteiger charge is -2.12. The first-order valence-electron chi connectivity index (χ1n) is 15.1. The molecule has 0 amide bonds. The Hall–Kier alpha value is -5.86. The molecule has 0 fully saturated rings. The van der Waals surface area contributed by atoms with E-state index < -0.39 is 0 Å². The van der Waals surface area contributed by atoms with Crippen molar-refractivity contribution in [3.05, 3.63) is 152 Å². The number of nitrogens with zero attached hydrogens (tertiary/aromatic N) is 1. The summed E-state index contributed by atoms with van der Waals surface area (Å²) in [5, 5.41) is 12.3. The SMILES string of the molecule is c1ccc(-c2ccc3c(c2)c2cc4c5ccccc5c5cc6c(cc5c4cc2n3-c2ccccc2)oc2ccccc26)cc1. The zero-order valence-corrected chi connectivity index (χ0v) is 23.8. The third-order valence-corrected chi connectivity index (χ3v) is 9.34. The summed E-state index contributed by atoms with van der Waals surface area (Å²) in [4.78, 5) is 0. The van der Waals surface area contributed by atoms with Crippen LogP contribution < -0.4 is 0 Å². The molecule has 8 aromatic carbocycles. The topological polar surface area (TPSA) is 18.1 Å². The number of aromatic nitrogens is 1. The number of rotatable bonds is 2. The van der Waals surface area contributed by atoms with Gasteiger partial charge in [0.25, 0.3) is 0 Å². The average molecular weight is 560 g/mol. The van der Waals surface area contributed by atoms with E-state index in [4.69, 9.17) is 4.42 Å². The predicted molar refractivity (Wildman–Crippen MR) is 186 cm³/mol. The standard InChI is InChI=1S/C42H25NO/c1-3-11-26(12-4-1)27-19-20-39-36(21-27)37-22-32-29-15-7-8-16-30(29)33-23-38-31-17-9-10-18-41(31)44-42(38)25-35(33)34(32)24-40(37)43(39)28-13-5-2-6-14-28/h1-25H. The maximum Gasteiger partial charge on any atom is 0.136 e. The van der Waals surface area contributed by atoms with Crippen LogP contribution in [0.3, 0.4) is 0 Å². The van der Waals surface area contributed by atoms with Gasteiger partial charge in [-0.3, -0.25) is 0 Å². The summed E-state index contributed by atoms with van der Waals surface area (Å²) in [6, 6.07) is 54.9. The van der Waals surface area contributed by atoms with Crippen LogP contribution in [-0.4, -0.2) is 4.57 Å². The van der Waals surface area contributed by atoms with Crippen LogP contribution in [0, 0.1) is 0 Å². The van der Waals surface area contributed by atoms with E-state index in [1.165, 1.54) is 65.3 Å². The molecule has 0 radical (unpaired) electrons. The summed E-state index contributed by atoms with van der Waals surface area (Å²) in [5.41, 5.74) is 7.85. The van der Waals surface area contributed by atoms with Gasteiger partial charge in [0.1, 0.15) is 11.2 Å². The van der Waals surface area contributed by atoms with E-state index in [9.17, 15) is 0 Å². The lowest BCUT2D eigenvalue weighted by Crippen LogP contribution is -1.93. The largest absolute Gasteiger partial charge is 0.456 e. The number of fused-ring (bicyclic) bond motifs is 12. The Balaban J connectivity index is 1.40. The third kappa shape index (κ3) is 3.25. The van der Waals surface area contributed by atoms with Gasteiger partial charge < -0.3 is 8.98 Å². The van der Waals surface area contributed by atoms with E-state index in [1.807, 2.05) is 6.07 Å². The number of para-hydroxylation sites is 2. The van der Waals surface area contributed by atoms with Crippen molar-refractivity contribution in [1.82, 2.24) is 4.57 Å². The number of hydrogen-bond acceptors (Lipinski definition) is 1. The Bertz CT molecular complexity index is 2750. The van der Waals surface area contributed by atoms with Crippen molar-refractivity contribution >= 4 is 76.1 Å². The van der Waals surface area contributed by atoms with Gasteiger partial charge in [-0.1, -0.05) is 97.1 Å². The van der Waals surface area contributed by atoms with Crippen molar-refractivity contribution in [3.63, 3.8) is 0 Å². The highest BCUT2D eigenvalue weighted by Crippen LogP contribution is 2.43. The van der Waals surface area contributed by atoms with Crippen molar-refractivity contribution in [2.45, 2.75) is 0 Å². The van der Waals surface area contributed by atoms with Crippen LogP contribution in [0.1, 0.15) is 0 Å². The second-order valence-electron chi connectivity index (χ2n) is 11.7. The van der Waals surface area contributed by atoms with Gasteiger partial charge in [0, 0.05) is 27.2 Å². The minimum atomic E-state index is 0.923. The Kier molecular flexibility index (Phi) is 4.75. The molecule has 0 aliphatic rings. The van der Waals surface area contributed by atoms with Crippen molar-refractivity contribution in [2.75, 3.05) is 0 Å². The summed E-state index contributed by atoms with van der Waals surface area (Å²) >= 11 is 0. The smallest absolute Gasteiger partial charge is 0.136 e. The molecule has 0 aliphatic carbocycles. The third-order valence-electron chi connectivity index (χ3n) is 9.34. The van der Waals surface area contributed by atoms with E-state index >= 15 is 0 Å². The van der Waals surface area contributed by atoms with Gasteiger partial charge >= 0.3 is 0 Å². The molecule has 2 heterocycles. The lowest BCUT2D eigenvalue weighted by molar-refractivity contribution is 0.669. The van der Waals surface area contributed by atoms with Crippen LogP contribution in [0.2, 0.25) is 0 Å². The number of hydrogen-bond donors (Lipinski definition) is 0. The fraction of sp³-hybridized carbons (Fsp3) is 0. The number of benzene rings is 8. The second-order valence-corrected chi connectivity index (χ2v) is 11.7. The molecular formula is C42H25NO. The molecule has 2 nitrogen and oxygen atoms in total. The van der Waals surface area contributed by atoms with Crippen LogP contribution in [-0.2, 0) is 0 Å². The molecule has 0 atom stereocenters. The molecule has 0 saturated carbocycles. The molecule has 0 bridgehead atoms. The molecule has 204 valence electrons. The maximum absolute atomic E-state index is 6.40. The van der Waals surface area contributed by atoms with Crippen molar-refractivity contribution in [1.29, 1.82) is 0 Å². The molecule has 44 heavy (non-hydrogen) atoms. The van der Waals surface area contributed by atoms with Crippen LogP contribution in [0.25, 0.3) is 92.9 Å². The molecule has 10 rings (SSSR count). The minimum Gasteiger partial charge on any atom is -0.456 e. The second kappa shape index (κ2) is 8.82. The molecule has 10 aromatic rings. The van der Waals surface area contributed by atoms with Gasteiger partial charge in [-0.15, -0.1) is 0 Å². The van der Waals surface area contributed by atoms with E-state index in [0.717, 1.165) is 27.6 Å². The van der Waals surface area contributed by atoms with E-state index in [2.05, 4.69) is 150 Å². The zero-order chi connectivity index (χ0) is 28.8. The van der Waals surface area contributed by atoms with Gasteiger partial charge in [0.05, 0.1) is 11.0 Å². The van der Waals surface area contributed by atoms with Gasteiger partial charge in [0.2, 0.25) is 0 Å². The van der Waals surface area contributed by atoms with Gasteiger partial charge in [-0.25, -0.2) is 0 Å². The molecule has 0 N–H and O–H groups in total. The fourth-order valence-corrected chi connectivity index (χ4v) is 7.35. The molecule has 0 unspecified atom stereocenters. The van der Waals surface area contributed by atoms with Crippen LogP contribution >= 0.6 is 0 Å². The van der Waals surface area contributed by atoms with Gasteiger partial charge in [-0.2, -0.15) is 0 Å². The molecule has 0 saturated heterocycles. The Morgan fingerprint density at radius 2 is 0.909 bits per heavy atom. The van der Waals surface area contributed by atoms with Crippen LogP contribution in [0.5, 0.6) is 0 Å². The lowest BCUT2D eigenvalue weighted by atomic mass is 9.92. The average Bonchev–Trinajstić information content (AvgIpc) is 3.62. The van der Waals surface area contributed by atoms with E-state index in [-0.39, 0.29) is 0 Å². The van der Waals surface area contributed by atoms with Gasteiger partial charge in [0.15, 0.2) is 0 Å². The first-order chi connectivity index (χ1) is 21.8. The molecule has 2 heteroatoms. The summed E-state index contributed by atoms with van der Waals surface area (Å²) in [5.74, 6) is 0. The van der Waals surface area contributed by atoms with Crippen molar-refractivity contribution in [2.24, 2.45) is 0 Å². The monoisotopic (exact) mass is 559 g/mol.